The van der Waals surface area contributed by atoms with Crippen LogP contribution in [0.4, 0.5) is 0 Å². The Morgan fingerprint density at radius 3 is 1.89 bits per heavy atom. The lowest BCUT2D eigenvalue weighted by atomic mass is 10.0. The van der Waals surface area contributed by atoms with Crippen molar-refractivity contribution < 1.29 is 44.3 Å². The second-order valence-corrected chi connectivity index (χ2v) is 8.10. The largest absolute Gasteiger partial charge is 0.494 e. The van der Waals surface area contributed by atoms with Crippen molar-refractivity contribution in [3.8, 4) is 11.4 Å². The van der Waals surface area contributed by atoms with Crippen LogP contribution in [0.25, 0.3) is 5.69 Å². The highest BCUT2D eigenvalue weighted by Crippen LogP contribution is 2.37. The molecule has 1 aromatic carbocycles. The number of aromatic nitrogens is 2. The number of carboxylic acids is 4. The molecule has 1 aliphatic heterocycles. The first-order valence-corrected chi connectivity index (χ1v) is 11.0. The number of aliphatic carboxylic acids is 4. The van der Waals surface area contributed by atoms with Gasteiger partial charge < -0.3 is 34.6 Å². The molecule has 4 rings (SSSR count). The fourth-order valence-electron chi connectivity index (χ4n) is 4.12. The van der Waals surface area contributed by atoms with Gasteiger partial charge in [0.05, 0.1) is 12.9 Å². The van der Waals surface area contributed by atoms with E-state index < -0.39 is 23.9 Å². The highest BCUT2D eigenvalue weighted by Gasteiger charge is 2.35. The summed E-state index contributed by atoms with van der Waals surface area (Å²) in [6, 6.07) is 8.21. The minimum Gasteiger partial charge on any atom is -0.494 e. The molecule has 4 N–H and O–H groups in total. The van der Waals surface area contributed by atoms with E-state index in [4.69, 9.17) is 44.3 Å². The maximum absolute atomic E-state index is 9.10. The van der Waals surface area contributed by atoms with Gasteiger partial charge in [-0.3, -0.25) is 0 Å². The van der Waals surface area contributed by atoms with Crippen LogP contribution in [-0.2, 0) is 19.2 Å². The third-order valence-corrected chi connectivity index (χ3v) is 5.69. The Hall–Kier alpha value is -3.93. The van der Waals surface area contributed by atoms with Crippen LogP contribution in [0.15, 0.2) is 43.0 Å². The van der Waals surface area contributed by atoms with Gasteiger partial charge in [0.1, 0.15) is 5.75 Å². The molecule has 2 fully saturated rings. The Bertz CT molecular complexity index is 917. The summed E-state index contributed by atoms with van der Waals surface area (Å²) in [5.41, 5.74) is 1.11. The summed E-state index contributed by atoms with van der Waals surface area (Å²) >= 11 is 0. The first-order valence-electron chi connectivity index (χ1n) is 11.0. The van der Waals surface area contributed by atoms with Gasteiger partial charge in [-0.1, -0.05) is 6.42 Å². The van der Waals surface area contributed by atoms with E-state index in [9.17, 15) is 0 Å². The molecule has 2 heterocycles. The maximum atomic E-state index is 9.10. The normalized spacial score (nSPS) is 18.3. The quantitative estimate of drug-likeness (QED) is 0.341. The van der Waals surface area contributed by atoms with Crippen LogP contribution in [0, 0.1) is 11.8 Å². The highest BCUT2D eigenvalue weighted by molar-refractivity contribution is 6.27. The van der Waals surface area contributed by atoms with Crippen molar-refractivity contribution in [3.05, 3.63) is 43.0 Å². The van der Waals surface area contributed by atoms with Gasteiger partial charge in [0.2, 0.25) is 0 Å². The van der Waals surface area contributed by atoms with Crippen molar-refractivity contribution in [2.24, 2.45) is 11.8 Å². The fourth-order valence-corrected chi connectivity index (χ4v) is 4.12. The average Bonchev–Trinajstić information content (AvgIpc) is 3.56. The summed E-state index contributed by atoms with van der Waals surface area (Å²) < 4.78 is 7.87. The van der Waals surface area contributed by atoms with Crippen molar-refractivity contribution >= 4 is 23.9 Å². The molecule has 1 aromatic heterocycles. The zero-order valence-corrected chi connectivity index (χ0v) is 19.0. The second kappa shape index (κ2) is 13.7. The topological polar surface area (TPSA) is 179 Å². The molecule has 12 nitrogen and oxygen atoms in total. The summed E-state index contributed by atoms with van der Waals surface area (Å²) in [4.78, 5) is 43.1. The molecule has 0 bridgehead atoms. The fraction of sp³-hybridized carbons (Fsp3) is 0.435. The number of nitrogens with zero attached hydrogens (tertiary/aromatic N) is 3. The Kier molecular flexibility index (Phi) is 10.7. The zero-order valence-electron chi connectivity index (χ0n) is 19.0. The Balaban J connectivity index is 0.000000301. The smallest absolute Gasteiger partial charge is 0.414 e. The number of fused-ring (bicyclic) bond motifs is 1. The number of imidazole rings is 1. The summed E-state index contributed by atoms with van der Waals surface area (Å²) in [5.74, 6) is -4.36. The molecule has 1 aliphatic carbocycles. The number of rotatable bonds is 6. The van der Waals surface area contributed by atoms with Crippen LogP contribution in [-0.4, -0.2) is 85.0 Å². The van der Waals surface area contributed by atoms with Crippen LogP contribution in [0.3, 0.4) is 0 Å². The molecule has 0 amide bonds. The summed E-state index contributed by atoms with van der Waals surface area (Å²) in [6.07, 6.45) is 11.0. The summed E-state index contributed by atoms with van der Waals surface area (Å²) in [6.45, 7) is 4.63. The number of hydrogen-bond donors (Lipinski definition) is 4. The van der Waals surface area contributed by atoms with E-state index in [0.29, 0.717) is 0 Å². The number of benzene rings is 1. The predicted octanol–water partition coefficient (Wildman–Crippen LogP) is 1.68. The van der Waals surface area contributed by atoms with E-state index in [-0.39, 0.29) is 0 Å². The third kappa shape index (κ3) is 9.45. The molecule has 2 unspecified atom stereocenters. The summed E-state index contributed by atoms with van der Waals surface area (Å²) in [7, 11) is 0. The first-order chi connectivity index (χ1) is 16.7. The lowest BCUT2D eigenvalue weighted by Gasteiger charge is -2.16. The molecule has 2 atom stereocenters. The van der Waals surface area contributed by atoms with E-state index in [1.54, 1.807) is 12.5 Å². The standard InChI is InChI=1S/C19H25N3O.2C2H2O4/c1-3-16-13-21(14-17(16)4-1)10-2-12-23-19-7-5-18(6-8-19)22-11-9-20-15-22;2*3-1(4)2(5)6/h5-9,11,15-17H,1-4,10,12-14H2;2*(H,3,4)(H,5,6). The average molecular weight is 491 g/mol. The Labute approximate surface area is 201 Å². The SMILES string of the molecule is O=C(O)C(=O)O.O=C(O)C(=O)O.c1cn(-c2ccc(OCCCN3CC4CCCC4C3)cc2)cn1. The molecular weight excluding hydrogens is 462 g/mol. The van der Waals surface area contributed by atoms with Gasteiger partial charge in [-0.15, -0.1) is 0 Å². The minimum absolute atomic E-state index is 0.802. The van der Waals surface area contributed by atoms with Crippen molar-refractivity contribution in [2.75, 3.05) is 26.2 Å². The number of hydrogen-bond acceptors (Lipinski definition) is 7. The molecule has 1 saturated heterocycles. The molecule has 2 aliphatic rings. The lowest BCUT2D eigenvalue weighted by Crippen LogP contribution is -2.24. The molecular formula is C23H29N3O9. The number of ether oxygens (including phenoxy) is 1. The molecule has 1 saturated carbocycles. The van der Waals surface area contributed by atoms with Gasteiger partial charge in [0, 0.05) is 37.7 Å². The van der Waals surface area contributed by atoms with E-state index >= 15 is 0 Å². The van der Waals surface area contributed by atoms with Gasteiger partial charge in [-0.2, -0.15) is 0 Å². The molecule has 2 aromatic rings. The van der Waals surface area contributed by atoms with Gasteiger partial charge >= 0.3 is 23.9 Å². The Morgan fingerprint density at radius 2 is 1.43 bits per heavy atom. The van der Waals surface area contributed by atoms with Crippen LogP contribution in [0.5, 0.6) is 5.75 Å². The van der Waals surface area contributed by atoms with E-state index in [1.165, 1.54) is 38.9 Å². The van der Waals surface area contributed by atoms with Crippen molar-refractivity contribution in [3.63, 3.8) is 0 Å². The molecule has 12 heteroatoms. The zero-order chi connectivity index (χ0) is 25.8. The monoisotopic (exact) mass is 491 g/mol. The van der Waals surface area contributed by atoms with Crippen LogP contribution < -0.4 is 4.74 Å². The maximum Gasteiger partial charge on any atom is 0.414 e. The molecule has 0 radical (unpaired) electrons. The van der Waals surface area contributed by atoms with E-state index in [1.807, 2.05) is 22.9 Å². The molecule has 35 heavy (non-hydrogen) atoms. The predicted molar refractivity (Wildman–Crippen MR) is 121 cm³/mol. The van der Waals surface area contributed by atoms with E-state index in [2.05, 4.69) is 22.0 Å². The second-order valence-electron chi connectivity index (χ2n) is 8.10. The molecule has 0 spiro atoms. The van der Waals surface area contributed by atoms with Gasteiger partial charge in [0.25, 0.3) is 0 Å². The minimum atomic E-state index is -1.82. The molecule has 190 valence electrons. The van der Waals surface area contributed by atoms with Crippen molar-refractivity contribution in [1.29, 1.82) is 0 Å². The van der Waals surface area contributed by atoms with E-state index in [0.717, 1.165) is 36.3 Å². The summed E-state index contributed by atoms with van der Waals surface area (Å²) in [5, 5.41) is 29.6. The van der Waals surface area contributed by atoms with Gasteiger partial charge in [0.15, 0.2) is 0 Å². The number of carbonyl (C=O) groups is 4. The highest BCUT2D eigenvalue weighted by atomic mass is 16.5. The Morgan fingerprint density at radius 1 is 0.886 bits per heavy atom. The van der Waals surface area contributed by atoms with Crippen LogP contribution in [0.1, 0.15) is 25.7 Å². The third-order valence-electron chi connectivity index (χ3n) is 5.69. The van der Waals surface area contributed by atoms with Crippen LogP contribution >= 0.6 is 0 Å². The van der Waals surface area contributed by atoms with Gasteiger partial charge in [-0.05, 0) is 55.4 Å². The number of carboxylic acid groups (broad SMARTS) is 4. The van der Waals surface area contributed by atoms with Crippen molar-refractivity contribution in [2.45, 2.75) is 25.7 Å². The first kappa shape index (κ1) is 27.3. The number of likely N-dealkylation sites (tertiary alicyclic amines) is 1. The van der Waals surface area contributed by atoms with Gasteiger partial charge in [-0.25, -0.2) is 24.2 Å². The van der Waals surface area contributed by atoms with Crippen molar-refractivity contribution in [1.82, 2.24) is 14.5 Å². The lowest BCUT2D eigenvalue weighted by molar-refractivity contribution is -0.159. The van der Waals surface area contributed by atoms with Crippen LogP contribution in [0.2, 0.25) is 0 Å².